The Labute approximate surface area is 167 Å². The lowest BCUT2D eigenvalue weighted by Gasteiger charge is -2.06. The van der Waals surface area contributed by atoms with Gasteiger partial charge in [-0.15, -0.1) is 22.0 Å². The van der Waals surface area contributed by atoms with Gasteiger partial charge in [-0.3, -0.25) is 10.1 Å². The fourth-order valence-corrected chi connectivity index (χ4v) is 4.01. The molecule has 3 aromatic rings. The molecule has 1 heterocycles. The Balaban J connectivity index is 1.50. The molecule has 0 unspecified atom stereocenters. The van der Waals surface area contributed by atoms with Gasteiger partial charge < -0.3 is 4.74 Å². The summed E-state index contributed by atoms with van der Waals surface area (Å²) in [5.41, 5.74) is 0.664. The second kappa shape index (κ2) is 10.1. The van der Waals surface area contributed by atoms with E-state index in [2.05, 4.69) is 22.4 Å². The van der Waals surface area contributed by atoms with E-state index in [0.717, 1.165) is 34.2 Å². The van der Waals surface area contributed by atoms with Crippen molar-refractivity contribution in [1.29, 1.82) is 0 Å². The van der Waals surface area contributed by atoms with Gasteiger partial charge in [0, 0.05) is 11.3 Å². The van der Waals surface area contributed by atoms with Crippen LogP contribution in [0, 0.1) is 0 Å². The highest BCUT2D eigenvalue weighted by Crippen LogP contribution is 2.24. The summed E-state index contributed by atoms with van der Waals surface area (Å²) >= 11 is 3.06. The smallest absolute Gasteiger partial charge is 0.258 e. The van der Waals surface area contributed by atoms with Gasteiger partial charge in [0.1, 0.15) is 10.8 Å². The Kier molecular flexibility index (Phi) is 7.24. The SMILES string of the molecule is CCSc1ccccc1C(=O)Nc1nnc(CCCOc2ccccc2)s1. The second-order valence-electron chi connectivity index (χ2n) is 5.65. The molecule has 3 rings (SSSR count). The zero-order valence-corrected chi connectivity index (χ0v) is 16.7. The van der Waals surface area contributed by atoms with Crippen molar-refractivity contribution in [3.8, 4) is 5.75 Å². The first-order chi connectivity index (χ1) is 13.3. The number of anilines is 1. The molecule has 0 saturated carbocycles. The van der Waals surface area contributed by atoms with E-state index in [1.807, 2.05) is 54.6 Å². The topological polar surface area (TPSA) is 64.1 Å². The van der Waals surface area contributed by atoms with Gasteiger partial charge in [-0.25, -0.2) is 0 Å². The van der Waals surface area contributed by atoms with E-state index in [1.165, 1.54) is 11.3 Å². The summed E-state index contributed by atoms with van der Waals surface area (Å²) in [5, 5.41) is 12.5. The summed E-state index contributed by atoms with van der Waals surface area (Å²) in [5.74, 6) is 1.63. The number of ether oxygens (including phenoxy) is 1. The number of rotatable bonds is 9. The lowest BCUT2D eigenvalue weighted by atomic mass is 10.2. The summed E-state index contributed by atoms with van der Waals surface area (Å²) in [7, 11) is 0. The van der Waals surface area contributed by atoms with Gasteiger partial charge in [0.25, 0.3) is 5.91 Å². The van der Waals surface area contributed by atoms with Gasteiger partial charge in [0.2, 0.25) is 5.13 Å². The van der Waals surface area contributed by atoms with Crippen molar-refractivity contribution in [3.63, 3.8) is 0 Å². The number of benzene rings is 2. The normalized spacial score (nSPS) is 10.6. The fourth-order valence-electron chi connectivity index (χ4n) is 2.44. The van der Waals surface area contributed by atoms with Crippen molar-refractivity contribution in [2.24, 2.45) is 0 Å². The fraction of sp³-hybridized carbons (Fsp3) is 0.250. The molecule has 0 aliphatic rings. The molecule has 0 radical (unpaired) electrons. The van der Waals surface area contributed by atoms with E-state index in [0.29, 0.717) is 17.3 Å². The average Bonchev–Trinajstić information content (AvgIpc) is 3.14. The summed E-state index contributed by atoms with van der Waals surface area (Å²) in [6.07, 6.45) is 1.61. The predicted octanol–water partition coefficient (Wildman–Crippen LogP) is 4.91. The second-order valence-corrected chi connectivity index (χ2v) is 8.02. The third-order valence-corrected chi connectivity index (χ3v) is 5.52. The zero-order valence-electron chi connectivity index (χ0n) is 15.1. The van der Waals surface area contributed by atoms with Crippen LogP contribution in [0.4, 0.5) is 5.13 Å². The van der Waals surface area contributed by atoms with E-state index in [-0.39, 0.29) is 5.91 Å². The van der Waals surface area contributed by atoms with Crippen molar-refractivity contribution in [2.45, 2.75) is 24.7 Å². The molecule has 0 aliphatic heterocycles. The van der Waals surface area contributed by atoms with Gasteiger partial charge in [0.15, 0.2) is 0 Å². The highest BCUT2D eigenvalue weighted by molar-refractivity contribution is 7.99. The van der Waals surface area contributed by atoms with Crippen molar-refractivity contribution >= 4 is 34.1 Å². The molecule has 27 heavy (non-hydrogen) atoms. The number of aromatic nitrogens is 2. The van der Waals surface area contributed by atoms with Crippen LogP contribution in [-0.4, -0.2) is 28.5 Å². The molecule has 0 aliphatic carbocycles. The number of aryl methyl sites for hydroxylation is 1. The predicted molar refractivity (Wildman–Crippen MR) is 111 cm³/mol. The quantitative estimate of drug-likeness (QED) is 0.409. The number of nitrogens with zero attached hydrogens (tertiary/aromatic N) is 2. The van der Waals surface area contributed by atoms with Crippen LogP contribution in [0.3, 0.4) is 0 Å². The van der Waals surface area contributed by atoms with Gasteiger partial charge in [-0.05, 0) is 36.4 Å². The standard InChI is InChI=1S/C20H21N3O2S2/c1-2-26-17-12-7-6-11-16(17)19(24)21-20-23-22-18(27-20)13-8-14-25-15-9-4-3-5-10-15/h3-7,9-12H,2,8,13-14H2,1H3,(H,21,23,24). The molecule has 140 valence electrons. The van der Waals surface area contributed by atoms with Crippen LogP contribution in [0.5, 0.6) is 5.75 Å². The zero-order chi connectivity index (χ0) is 18.9. The Morgan fingerprint density at radius 2 is 1.89 bits per heavy atom. The van der Waals surface area contributed by atoms with E-state index < -0.39 is 0 Å². The minimum atomic E-state index is -0.151. The molecule has 2 aromatic carbocycles. The Hall–Kier alpha value is -2.38. The van der Waals surface area contributed by atoms with Gasteiger partial charge in [-0.2, -0.15) is 0 Å². The average molecular weight is 400 g/mol. The third kappa shape index (κ3) is 5.80. The molecule has 1 aromatic heterocycles. The number of thioether (sulfide) groups is 1. The van der Waals surface area contributed by atoms with E-state index in [9.17, 15) is 4.79 Å². The summed E-state index contributed by atoms with van der Waals surface area (Å²) in [6, 6.07) is 17.3. The van der Waals surface area contributed by atoms with Gasteiger partial charge >= 0.3 is 0 Å². The van der Waals surface area contributed by atoms with Crippen molar-refractivity contribution in [1.82, 2.24) is 10.2 Å². The molecule has 0 atom stereocenters. The number of nitrogens with one attached hydrogen (secondary N) is 1. The molecule has 0 saturated heterocycles. The molecule has 1 N–H and O–H groups in total. The lowest BCUT2D eigenvalue weighted by Crippen LogP contribution is -2.12. The molecular formula is C20H21N3O2S2. The first-order valence-corrected chi connectivity index (χ1v) is 10.6. The molecule has 1 amide bonds. The molecule has 0 spiro atoms. The monoisotopic (exact) mass is 399 g/mol. The minimum absolute atomic E-state index is 0.151. The van der Waals surface area contributed by atoms with Gasteiger partial charge in [-0.1, -0.05) is 48.6 Å². The van der Waals surface area contributed by atoms with Crippen molar-refractivity contribution in [3.05, 3.63) is 65.2 Å². The Morgan fingerprint density at radius 3 is 2.70 bits per heavy atom. The van der Waals surface area contributed by atoms with Crippen molar-refractivity contribution < 1.29 is 9.53 Å². The third-order valence-electron chi connectivity index (χ3n) is 3.67. The maximum Gasteiger partial charge on any atom is 0.258 e. The minimum Gasteiger partial charge on any atom is -0.494 e. The maximum absolute atomic E-state index is 12.5. The summed E-state index contributed by atoms with van der Waals surface area (Å²) < 4.78 is 5.68. The highest BCUT2D eigenvalue weighted by atomic mass is 32.2. The molecule has 7 heteroatoms. The van der Waals surface area contributed by atoms with Crippen LogP contribution in [0.15, 0.2) is 59.5 Å². The van der Waals surface area contributed by atoms with Crippen LogP contribution in [0.25, 0.3) is 0 Å². The molecule has 0 bridgehead atoms. The molecular weight excluding hydrogens is 378 g/mol. The first-order valence-electron chi connectivity index (χ1n) is 8.79. The Morgan fingerprint density at radius 1 is 1.11 bits per heavy atom. The van der Waals surface area contributed by atoms with E-state index >= 15 is 0 Å². The molecule has 0 fully saturated rings. The maximum atomic E-state index is 12.5. The number of carbonyl (C=O) groups is 1. The number of hydrogen-bond acceptors (Lipinski definition) is 6. The lowest BCUT2D eigenvalue weighted by molar-refractivity contribution is 0.102. The van der Waals surface area contributed by atoms with Crippen LogP contribution in [0.1, 0.15) is 28.7 Å². The largest absolute Gasteiger partial charge is 0.494 e. The number of hydrogen-bond donors (Lipinski definition) is 1. The number of amides is 1. The number of para-hydroxylation sites is 1. The first kappa shape index (κ1) is 19.4. The van der Waals surface area contributed by atoms with Crippen molar-refractivity contribution in [2.75, 3.05) is 17.7 Å². The van der Waals surface area contributed by atoms with E-state index in [4.69, 9.17) is 4.74 Å². The highest BCUT2D eigenvalue weighted by Gasteiger charge is 2.13. The van der Waals surface area contributed by atoms with E-state index in [1.54, 1.807) is 11.8 Å². The van der Waals surface area contributed by atoms with Crippen LogP contribution in [-0.2, 0) is 6.42 Å². The van der Waals surface area contributed by atoms with Crippen LogP contribution >= 0.6 is 23.1 Å². The Bertz CT molecular complexity index is 868. The molecule has 5 nitrogen and oxygen atoms in total. The van der Waals surface area contributed by atoms with Crippen LogP contribution < -0.4 is 10.1 Å². The summed E-state index contributed by atoms with van der Waals surface area (Å²) in [4.78, 5) is 13.5. The number of carbonyl (C=O) groups excluding carboxylic acids is 1. The van der Waals surface area contributed by atoms with Crippen LogP contribution in [0.2, 0.25) is 0 Å². The van der Waals surface area contributed by atoms with Gasteiger partial charge in [0.05, 0.1) is 12.2 Å². The summed E-state index contributed by atoms with van der Waals surface area (Å²) in [6.45, 7) is 2.69.